The minimum absolute atomic E-state index is 0.0361. The number of ether oxygens (including phenoxy) is 1. The first kappa shape index (κ1) is 19.0. The van der Waals surface area contributed by atoms with Crippen LogP contribution in [0, 0.1) is 5.92 Å². The van der Waals surface area contributed by atoms with Crippen LogP contribution in [0.3, 0.4) is 0 Å². The summed E-state index contributed by atoms with van der Waals surface area (Å²) < 4.78 is 44.2. The Hall–Kier alpha value is -3.30. The number of hydrogen-bond donors (Lipinski definition) is 3. The van der Waals surface area contributed by atoms with Gasteiger partial charge < -0.3 is 20.5 Å². The molecule has 0 radical (unpaired) electrons. The highest BCUT2D eigenvalue weighted by Gasteiger charge is 2.46. The summed E-state index contributed by atoms with van der Waals surface area (Å²) in [7, 11) is 0. The number of amides is 2. The van der Waals surface area contributed by atoms with Crippen molar-refractivity contribution in [1.29, 1.82) is 0 Å². The number of carbonyl (C=O) groups excluding carboxylic acids is 2. The van der Waals surface area contributed by atoms with Gasteiger partial charge in [0.1, 0.15) is 23.5 Å². The van der Waals surface area contributed by atoms with Gasteiger partial charge in [-0.1, -0.05) is 0 Å². The average Bonchev–Trinajstić information content (AvgIpc) is 2.66. The zero-order valence-corrected chi connectivity index (χ0v) is 14.9. The van der Waals surface area contributed by atoms with Crippen LogP contribution in [0.25, 0.3) is 0 Å². The van der Waals surface area contributed by atoms with E-state index in [2.05, 4.69) is 10.3 Å². The third kappa shape index (κ3) is 3.57. The molecule has 2 aliphatic heterocycles. The summed E-state index contributed by atoms with van der Waals surface area (Å²) in [5, 5.41) is 14.3. The molecule has 2 aromatic rings. The maximum absolute atomic E-state index is 12.8. The van der Waals surface area contributed by atoms with Gasteiger partial charge >= 0.3 is 6.18 Å². The third-order valence-electron chi connectivity index (χ3n) is 5.03. The summed E-state index contributed by atoms with van der Waals surface area (Å²) in [6, 6.07) is 3.35. The van der Waals surface area contributed by atoms with Crippen LogP contribution in [0.15, 0.2) is 36.7 Å². The van der Waals surface area contributed by atoms with E-state index in [4.69, 9.17) is 4.74 Å². The average molecular weight is 407 g/mol. The number of aromatic nitrogens is 1. The van der Waals surface area contributed by atoms with Crippen molar-refractivity contribution < 1.29 is 32.6 Å². The van der Waals surface area contributed by atoms with Crippen LogP contribution in [-0.2, 0) is 9.59 Å². The Morgan fingerprint density at radius 3 is 2.69 bits per heavy atom. The Kier molecular flexibility index (Phi) is 4.56. The van der Waals surface area contributed by atoms with Crippen molar-refractivity contribution >= 4 is 11.8 Å². The molecule has 3 atom stereocenters. The molecule has 0 saturated carbocycles. The molecular weight excluding hydrogens is 391 g/mol. The zero-order chi connectivity index (χ0) is 20.8. The van der Waals surface area contributed by atoms with E-state index in [0.717, 1.165) is 0 Å². The van der Waals surface area contributed by atoms with Crippen LogP contribution < -0.4 is 15.4 Å². The SMILES string of the molecule is O=C(NC1c2ccncc2Oc2cc(O)ccc21)C1CCC(C(F)(F)F)NC1=O. The number of halogens is 3. The number of piperidine rings is 1. The summed E-state index contributed by atoms with van der Waals surface area (Å²) in [5.74, 6) is -2.24. The first-order valence-electron chi connectivity index (χ1n) is 8.86. The van der Waals surface area contributed by atoms with Crippen LogP contribution >= 0.6 is 0 Å². The molecule has 0 bridgehead atoms. The van der Waals surface area contributed by atoms with E-state index < -0.39 is 36.0 Å². The van der Waals surface area contributed by atoms with Gasteiger partial charge in [0, 0.05) is 23.4 Å². The quantitative estimate of drug-likeness (QED) is 0.665. The van der Waals surface area contributed by atoms with Crippen molar-refractivity contribution in [2.24, 2.45) is 5.92 Å². The van der Waals surface area contributed by atoms with Gasteiger partial charge in [-0.2, -0.15) is 13.2 Å². The molecule has 7 nitrogen and oxygen atoms in total. The summed E-state index contributed by atoms with van der Waals surface area (Å²) in [6.07, 6.45) is -2.18. The van der Waals surface area contributed by atoms with Crippen molar-refractivity contribution in [3.63, 3.8) is 0 Å². The van der Waals surface area contributed by atoms with Crippen molar-refractivity contribution in [3.8, 4) is 17.2 Å². The fourth-order valence-electron chi connectivity index (χ4n) is 3.55. The third-order valence-corrected chi connectivity index (χ3v) is 5.03. The molecule has 3 N–H and O–H groups in total. The smallest absolute Gasteiger partial charge is 0.408 e. The first-order valence-corrected chi connectivity index (χ1v) is 8.86. The molecule has 0 aliphatic carbocycles. The molecule has 10 heteroatoms. The van der Waals surface area contributed by atoms with Gasteiger partial charge in [0.25, 0.3) is 0 Å². The number of rotatable bonds is 2. The Morgan fingerprint density at radius 2 is 1.97 bits per heavy atom. The van der Waals surface area contributed by atoms with E-state index in [0.29, 0.717) is 22.6 Å². The van der Waals surface area contributed by atoms with Crippen molar-refractivity contribution in [2.45, 2.75) is 31.1 Å². The highest BCUT2D eigenvalue weighted by molar-refractivity contribution is 6.01. The van der Waals surface area contributed by atoms with E-state index in [1.54, 1.807) is 12.1 Å². The van der Waals surface area contributed by atoms with Crippen LogP contribution in [-0.4, -0.2) is 34.1 Å². The Balaban J connectivity index is 1.58. The minimum Gasteiger partial charge on any atom is -0.508 e. The van der Waals surface area contributed by atoms with E-state index in [-0.39, 0.29) is 18.6 Å². The second-order valence-corrected chi connectivity index (χ2v) is 6.91. The fraction of sp³-hybridized carbons (Fsp3) is 0.316. The van der Waals surface area contributed by atoms with E-state index in [9.17, 15) is 27.9 Å². The highest BCUT2D eigenvalue weighted by Crippen LogP contribution is 2.43. The number of phenolic OH excluding ortho intramolecular Hbond substituents is 1. The lowest BCUT2D eigenvalue weighted by Gasteiger charge is -2.32. The van der Waals surface area contributed by atoms with Gasteiger partial charge in [-0.15, -0.1) is 0 Å². The van der Waals surface area contributed by atoms with Gasteiger partial charge in [0.15, 0.2) is 5.75 Å². The van der Waals surface area contributed by atoms with E-state index in [1.807, 2.05) is 5.32 Å². The fourth-order valence-corrected chi connectivity index (χ4v) is 3.55. The number of alkyl halides is 3. The molecular formula is C19H16F3N3O4. The molecule has 29 heavy (non-hydrogen) atoms. The predicted molar refractivity (Wildman–Crippen MR) is 93.1 cm³/mol. The summed E-state index contributed by atoms with van der Waals surface area (Å²) in [4.78, 5) is 28.9. The first-order chi connectivity index (χ1) is 13.7. The molecule has 2 amide bonds. The summed E-state index contributed by atoms with van der Waals surface area (Å²) in [6.45, 7) is 0. The summed E-state index contributed by atoms with van der Waals surface area (Å²) in [5.41, 5.74) is 1.12. The molecule has 0 spiro atoms. The molecule has 1 saturated heterocycles. The van der Waals surface area contributed by atoms with E-state index in [1.165, 1.54) is 24.5 Å². The number of phenols is 1. The standard InChI is InChI=1S/C19H16F3N3O4/c20-19(21,22)15-4-3-12(17(27)24-15)18(28)25-16-10-2-1-9(26)7-13(10)29-14-8-23-6-5-11(14)16/h1-2,5-8,12,15-16,26H,3-4H2,(H,24,27)(H,25,28). The minimum atomic E-state index is -4.55. The molecule has 152 valence electrons. The number of nitrogens with one attached hydrogen (secondary N) is 2. The Bertz CT molecular complexity index is 979. The monoisotopic (exact) mass is 407 g/mol. The van der Waals surface area contributed by atoms with Gasteiger partial charge in [0.05, 0.1) is 12.2 Å². The van der Waals surface area contributed by atoms with Crippen molar-refractivity contribution in [3.05, 3.63) is 47.8 Å². The second-order valence-electron chi connectivity index (χ2n) is 6.91. The second kappa shape index (κ2) is 6.94. The van der Waals surface area contributed by atoms with Crippen LogP contribution in [0.5, 0.6) is 17.2 Å². The molecule has 3 heterocycles. The molecule has 3 unspecified atom stereocenters. The summed E-state index contributed by atoms with van der Waals surface area (Å²) >= 11 is 0. The largest absolute Gasteiger partial charge is 0.508 e. The number of fused-ring (bicyclic) bond motifs is 2. The van der Waals surface area contributed by atoms with Crippen molar-refractivity contribution in [1.82, 2.24) is 15.6 Å². The van der Waals surface area contributed by atoms with Crippen molar-refractivity contribution in [2.75, 3.05) is 0 Å². The lowest BCUT2D eigenvalue weighted by molar-refractivity contribution is -0.171. The maximum Gasteiger partial charge on any atom is 0.408 e. The van der Waals surface area contributed by atoms with Crippen LogP contribution in [0.2, 0.25) is 0 Å². The highest BCUT2D eigenvalue weighted by atomic mass is 19.4. The predicted octanol–water partition coefficient (Wildman–Crippen LogP) is 2.56. The van der Waals surface area contributed by atoms with Gasteiger partial charge in [-0.3, -0.25) is 14.6 Å². The molecule has 1 fully saturated rings. The van der Waals surface area contributed by atoms with Gasteiger partial charge in [-0.25, -0.2) is 0 Å². The normalized spacial score (nSPS) is 23.3. The number of hydrogen-bond acceptors (Lipinski definition) is 5. The molecule has 4 rings (SSSR count). The van der Waals surface area contributed by atoms with Gasteiger partial charge in [-0.05, 0) is 31.0 Å². The van der Waals surface area contributed by atoms with Gasteiger partial charge in [0.2, 0.25) is 11.8 Å². The number of nitrogens with zero attached hydrogens (tertiary/aromatic N) is 1. The molecule has 1 aromatic carbocycles. The lowest BCUT2D eigenvalue weighted by atomic mass is 9.90. The molecule has 1 aromatic heterocycles. The van der Waals surface area contributed by atoms with Crippen LogP contribution in [0.4, 0.5) is 13.2 Å². The number of pyridine rings is 1. The maximum atomic E-state index is 12.8. The van der Waals surface area contributed by atoms with Crippen LogP contribution in [0.1, 0.15) is 30.0 Å². The Morgan fingerprint density at radius 1 is 1.21 bits per heavy atom. The number of benzene rings is 1. The lowest BCUT2D eigenvalue weighted by Crippen LogP contribution is -2.54. The van der Waals surface area contributed by atoms with E-state index >= 15 is 0 Å². The number of aromatic hydroxyl groups is 1. The zero-order valence-electron chi connectivity index (χ0n) is 14.9. The molecule has 2 aliphatic rings. The topological polar surface area (TPSA) is 101 Å². The number of carbonyl (C=O) groups is 2. The Labute approximate surface area is 162 Å².